The minimum Gasteiger partial charge on any atom is -0.508 e. The molecule has 0 bridgehead atoms. The standard InChI is InChI=1S/C34H42O20/c1-10-20(38)24(42)27(45)32(49-10)48-9-18-22(40)26(44)31(54-33-28(46)25(43)21(39)11(2)50-33)34(52-18)53-30-23(41)19-15(37)7-13(35)8-17(19)51-29(30)12-4-5-14(36)16(6-12)47-3/h4-8,10-11,18,20-22,24-28,31-40,42-46H,9H2,1-3H3/t10-,11+,18-,20+,21-,22-,24-,25+,26-,27-,28+,31-,32-,33-,34+/m0/s1. The molecule has 0 spiro atoms. The van der Waals surface area contributed by atoms with Gasteiger partial charge in [-0.25, -0.2) is 0 Å². The SMILES string of the molecule is COc1cc(-c2oc3cc(O)cc(O)c3c(=O)c2O[C@H]2O[C@@H](CO[C@H]3O[C@@H](C)[C@@H](O)[C@H](O)[C@@H]3O)[C@H](O)[C@H](O)[C@@H]2O[C@@H]2O[C@H](C)[C@H](O)[C@@H](O)[C@H]2O)ccc1O. The van der Waals surface area contributed by atoms with Crippen LogP contribution in [0.3, 0.4) is 0 Å². The lowest BCUT2D eigenvalue weighted by Crippen LogP contribution is -2.65. The summed E-state index contributed by atoms with van der Waals surface area (Å²) in [5.41, 5.74) is -1.31. The fourth-order valence-corrected chi connectivity index (χ4v) is 6.40. The first-order valence-corrected chi connectivity index (χ1v) is 16.8. The minimum absolute atomic E-state index is 0.0468. The molecule has 4 heterocycles. The number of phenolic OH excluding ortho intramolecular Hbond substituents is 3. The van der Waals surface area contributed by atoms with Crippen LogP contribution in [0.5, 0.6) is 28.7 Å². The lowest BCUT2D eigenvalue weighted by atomic mass is 9.97. The van der Waals surface area contributed by atoms with Crippen LogP contribution < -0.4 is 14.9 Å². The van der Waals surface area contributed by atoms with E-state index in [1.807, 2.05) is 0 Å². The van der Waals surface area contributed by atoms with E-state index < -0.39 is 127 Å². The lowest BCUT2D eigenvalue weighted by molar-refractivity contribution is -0.360. The van der Waals surface area contributed by atoms with Crippen LogP contribution in [-0.4, -0.2) is 162 Å². The summed E-state index contributed by atoms with van der Waals surface area (Å²) in [4.78, 5) is 14.2. The number of aliphatic hydroxyl groups is 8. The summed E-state index contributed by atoms with van der Waals surface area (Å²) in [6, 6.07) is 5.69. The van der Waals surface area contributed by atoms with E-state index in [1.165, 1.54) is 39.2 Å². The van der Waals surface area contributed by atoms with E-state index in [2.05, 4.69) is 0 Å². The van der Waals surface area contributed by atoms with E-state index in [9.17, 15) is 61.0 Å². The van der Waals surface area contributed by atoms with Crippen LogP contribution in [0, 0.1) is 0 Å². The number of ether oxygens (including phenoxy) is 7. The van der Waals surface area contributed by atoms with Crippen molar-refractivity contribution in [3.63, 3.8) is 0 Å². The fraction of sp³-hybridized carbons (Fsp3) is 0.559. The maximum Gasteiger partial charge on any atom is 0.239 e. The molecule has 3 fully saturated rings. The predicted octanol–water partition coefficient (Wildman–Crippen LogP) is -2.53. The van der Waals surface area contributed by atoms with Crippen molar-refractivity contribution >= 4 is 11.0 Å². The molecule has 54 heavy (non-hydrogen) atoms. The Kier molecular flexibility index (Phi) is 11.6. The van der Waals surface area contributed by atoms with Crippen molar-refractivity contribution < 1.29 is 93.7 Å². The Morgan fingerprint density at radius 2 is 1.31 bits per heavy atom. The molecule has 3 aliphatic rings. The number of benzene rings is 2. The summed E-state index contributed by atoms with van der Waals surface area (Å²) < 4.78 is 45.6. The Balaban J connectivity index is 1.41. The highest BCUT2D eigenvalue weighted by Crippen LogP contribution is 2.40. The molecule has 3 saturated heterocycles. The summed E-state index contributed by atoms with van der Waals surface area (Å²) >= 11 is 0. The summed E-state index contributed by atoms with van der Waals surface area (Å²) in [7, 11) is 1.26. The summed E-state index contributed by atoms with van der Waals surface area (Å²) in [5.74, 6) is -2.63. The third kappa shape index (κ3) is 7.41. The number of aromatic hydroxyl groups is 3. The van der Waals surface area contributed by atoms with Gasteiger partial charge in [-0.1, -0.05) is 0 Å². The van der Waals surface area contributed by atoms with Crippen molar-refractivity contribution in [3.8, 4) is 40.1 Å². The quantitative estimate of drug-likeness (QED) is 0.107. The maximum atomic E-state index is 14.2. The normalized spacial score (nSPS) is 37.3. The van der Waals surface area contributed by atoms with Crippen molar-refractivity contribution in [3.05, 3.63) is 40.6 Å². The van der Waals surface area contributed by atoms with E-state index in [-0.39, 0.29) is 28.4 Å². The Labute approximate surface area is 305 Å². The van der Waals surface area contributed by atoms with Crippen LogP contribution in [0.1, 0.15) is 13.8 Å². The zero-order valence-corrected chi connectivity index (χ0v) is 28.8. The van der Waals surface area contributed by atoms with E-state index in [0.29, 0.717) is 0 Å². The van der Waals surface area contributed by atoms with Crippen molar-refractivity contribution in [2.75, 3.05) is 13.7 Å². The van der Waals surface area contributed by atoms with E-state index in [4.69, 9.17) is 37.6 Å². The number of aliphatic hydroxyl groups excluding tert-OH is 8. The van der Waals surface area contributed by atoms with Crippen molar-refractivity contribution in [2.45, 2.75) is 106 Å². The van der Waals surface area contributed by atoms with Gasteiger partial charge >= 0.3 is 0 Å². The van der Waals surface area contributed by atoms with E-state index >= 15 is 0 Å². The largest absolute Gasteiger partial charge is 0.508 e. The molecule has 1 aromatic heterocycles. The second-order valence-corrected chi connectivity index (χ2v) is 13.3. The molecule has 3 aliphatic heterocycles. The van der Waals surface area contributed by atoms with Gasteiger partial charge in [0.05, 0.1) is 25.9 Å². The topological polar surface area (TPSA) is 317 Å². The van der Waals surface area contributed by atoms with E-state index in [0.717, 1.165) is 12.1 Å². The molecule has 15 atom stereocenters. The molecule has 20 nitrogen and oxygen atoms in total. The van der Waals surface area contributed by atoms with Gasteiger partial charge < -0.3 is 93.7 Å². The van der Waals surface area contributed by atoms with Crippen LogP contribution in [0.4, 0.5) is 0 Å². The van der Waals surface area contributed by atoms with Gasteiger partial charge in [-0.2, -0.15) is 0 Å². The predicted molar refractivity (Wildman–Crippen MR) is 176 cm³/mol. The number of hydrogen-bond donors (Lipinski definition) is 11. The minimum atomic E-state index is -2.02. The number of phenols is 3. The highest BCUT2D eigenvalue weighted by molar-refractivity contribution is 5.88. The first kappa shape index (κ1) is 39.8. The molecule has 0 aliphatic carbocycles. The second-order valence-electron chi connectivity index (χ2n) is 13.3. The molecule has 0 unspecified atom stereocenters. The average Bonchev–Trinajstić information content (AvgIpc) is 3.13. The van der Waals surface area contributed by atoms with Crippen LogP contribution in [-0.2, 0) is 23.7 Å². The maximum absolute atomic E-state index is 14.2. The van der Waals surface area contributed by atoms with Gasteiger partial charge in [-0.15, -0.1) is 0 Å². The molecule has 0 amide bonds. The van der Waals surface area contributed by atoms with Crippen LogP contribution in [0.15, 0.2) is 39.5 Å². The van der Waals surface area contributed by atoms with Crippen molar-refractivity contribution in [1.82, 2.24) is 0 Å². The monoisotopic (exact) mass is 770 g/mol. The smallest absolute Gasteiger partial charge is 0.239 e. The third-order valence-corrected chi connectivity index (χ3v) is 9.57. The Morgan fingerprint density at radius 3 is 1.96 bits per heavy atom. The highest BCUT2D eigenvalue weighted by atomic mass is 16.8. The fourth-order valence-electron chi connectivity index (χ4n) is 6.40. The van der Waals surface area contributed by atoms with Crippen molar-refractivity contribution in [2.24, 2.45) is 0 Å². The average molecular weight is 771 g/mol. The molecular formula is C34H42O20. The number of methoxy groups -OCH3 is 1. The molecule has 0 radical (unpaired) electrons. The molecule has 6 rings (SSSR count). The second kappa shape index (κ2) is 15.7. The highest BCUT2D eigenvalue weighted by Gasteiger charge is 2.52. The number of hydrogen-bond acceptors (Lipinski definition) is 20. The van der Waals surface area contributed by atoms with Crippen LogP contribution in [0.25, 0.3) is 22.3 Å². The molecule has 20 heteroatoms. The van der Waals surface area contributed by atoms with Gasteiger partial charge in [0, 0.05) is 17.7 Å². The zero-order valence-electron chi connectivity index (χ0n) is 28.8. The molecular weight excluding hydrogens is 728 g/mol. The van der Waals surface area contributed by atoms with Gasteiger partial charge in [0.25, 0.3) is 0 Å². The molecule has 3 aromatic rings. The lowest BCUT2D eigenvalue weighted by Gasteiger charge is -2.46. The Hall–Kier alpha value is -3.87. The summed E-state index contributed by atoms with van der Waals surface area (Å²) in [5, 5.41) is 115. The van der Waals surface area contributed by atoms with Gasteiger partial charge in [-0.3, -0.25) is 4.79 Å². The third-order valence-electron chi connectivity index (χ3n) is 9.57. The summed E-state index contributed by atoms with van der Waals surface area (Å²) in [6.07, 6.45) is -24.9. The van der Waals surface area contributed by atoms with Crippen LogP contribution >= 0.6 is 0 Å². The number of fused-ring (bicyclic) bond motifs is 1. The van der Waals surface area contributed by atoms with Gasteiger partial charge in [0.2, 0.25) is 17.5 Å². The first-order valence-electron chi connectivity index (χ1n) is 16.8. The molecule has 298 valence electrons. The number of rotatable bonds is 9. The Morgan fingerprint density at radius 1 is 0.685 bits per heavy atom. The Bertz CT molecular complexity index is 1850. The van der Waals surface area contributed by atoms with Crippen molar-refractivity contribution in [1.29, 1.82) is 0 Å². The molecule has 2 aromatic carbocycles. The first-order chi connectivity index (χ1) is 25.5. The zero-order chi connectivity index (χ0) is 39.3. The molecule has 0 saturated carbocycles. The van der Waals surface area contributed by atoms with Gasteiger partial charge in [0.15, 0.2) is 35.9 Å². The van der Waals surface area contributed by atoms with E-state index in [1.54, 1.807) is 0 Å². The molecule has 11 N–H and O–H groups in total. The van der Waals surface area contributed by atoms with Gasteiger partial charge in [0.1, 0.15) is 77.4 Å². The van der Waals surface area contributed by atoms with Crippen LogP contribution in [0.2, 0.25) is 0 Å². The summed E-state index contributed by atoms with van der Waals surface area (Å²) in [6.45, 7) is 2.09. The van der Waals surface area contributed by atoms with Gasteiger partial charge in [-0.05, 0) is 32.0 Å².